The van der Waals surface area contributed by atoms with E-state index in [0.717, 1.165) is 24.0 Å². The lowest BCUT2D eigenvalue weighted by Crippen LogP contribution is -2.08. The van der Waals surface area contributed by atoms with E-state index in [9.17, 15) is 9.59 Å². The number of aliphatic carboxylic acids is 1. The van der Waals surface area contributed by atoms with Gasteiger partial charge in [0.05, 0.1) is 6.61 Å². The molecule has 110 valence electrons. The summed E-state index contributed by atoms with van der Waals surface area (Å²) in [6.45, 7) is 4.97. The molecule has 0 aromatic heterocycles. The maximum Gasteiger partial charge on any atom is 0.303 e. The lowest BCUT2D eigenvalue weighted by molar-refractivity contribution is -0.137. The molecule has 0 aliphatic heterocycles. The maximum atomic E-state index is 10.8. The fourth-order valence-corrected chi connectivity index (χ4v) is 2.56. The average molecular weight is 278 g/mol. The molecule has 0 radical (unpaired) electrons. The third-order valence-electron chi connectivity index (χ3n) is 3.51. The summed E-state index contributed by atoms with van der Waals surface area (Å²) in [7, 11) is 0. The van der Waals surface area contributed by atoms with Crippen molar-refractivity contribution in [3.8, 4) is 0 Å². The summed E-state index contributed by atoms with van der Waals surface area (Å²) in [5.74, 6) is -0.774. The van der Waals surface area contributed by atoms with Crippen molar-refractivity contribution in [1.29, 1.82) is 0 Å². The summed E-state index contributed by atoms with van der Waals surface area (Å²) in [5.41, 5.74) is 4.72. The number of carboxylic acids is 1. The van der Waals surface area contributed by atoms with Crippen LogP contribution in [0.25, 0.3) is 0 Å². The Bertz CT molecular complexity index is 466. The van der Waals surface area contributed by atoms with Gasteiger partial charge in [-0.25, -0.2) is 0 Å². The Morgan fingerprint density at radius 2 is 1.85 bits per heavy atom. The number of hydrogen-bond acceptors (Lipinski definition) is 3. The first-order valence-electron chi connectivity index (χ1n) is 7.03. The average Bonchev–Trinajstić information content (AvgIpc) is 2.44. The predicted molar refractivity (Wildman–Crippen MR) is 76.9 cm³/mol. The van der Waals surface area contributed by atoms with Crippen molar-refractivity contribution < 1.29 is 19.4 Å². The van der Waals surface area contributed by atoms with E-state index < -0.39 is 5.97 Å². The van der Waals surface area contributed by atoms with Crippen LogP contribution in [-0.2, 0) is 40.0 Å². The number of aryl methyl sites for hydroxylation is 1. The Morgan fingerprint density at radius 3 is 2.40 bits per heavy atom. The highest BCUT2D eigenvalue weighted by molar-refractivity contribution is 5.67. The van der Waals surface area contributed by atoms with Gasteiger partial charge in [0.2, 0.25) is 0 Å². The van der Waals surface area contributed by atoms with E-state index in [-0.39, 0.29) is 6.42 Å². The van der Waals surface area contributed by atoms with Gasteiger partial charge in [0.1, 0.15) is 0 Å². The van der Waals surface area contributed by atoms with Crippen molar-refractivity contribution >= 4 is 12.4 Å². The smallest absolute Gasteiger partial charge is 0.303 e. The Labute approximate surface area is 119 Å². The van der Waals surface area contributed by atoms with Gasteiger partial charge < -0.3 is 9.84 Å². The molecule has 0 aliphatic rings. The van der Waals surface area contributed by atoms with Crippen molar-refractivity contribution in [2.45, 2.75) is 46.0 Å². The van der Waals surface area contributed by atoms with E-state index in [1.165, 1.54) is 11.1 Å². The SMILES string of the molecule is CCc1ccc(CCOC=O)c(CC)c1CCC(=O)O. The number of carbonyl (C=O) groups excluding carboxylic acids is 1. The molecule has 0 saturated carbocycles. The third kappa shape index (κ3) is 4.37. The molecular formula is C16H22O4. The first-order valence-corrected chi connectivity index (χ1v) is 7.03. The minimum Gasteiger partial charge on any atom is -0.481 e. The van der Waals surface area contributed by atoms with Crippen LogP contribution >= 0.6 is 0 Å². The number of rotatable bonds is 9. The standard InChI is InChI=1S/C16H22O4/c1-3-12-5-6-13(9-10-20-11-17)14(4-2)15(12)7-8-16(18)19/h5-6,11H,3-4,7-10H2,1-2H3,(H,18,19). The zero-order chi connectivity index (χ0) is 15.0. The monoisotopic (exact) mass is 278 g/mol. The topological polar surface area (TPSA) is 63.6 Å². The van der Waals surface area contributed by atoms with Gasteiger partial charge in [0.15, 0.2) is 0 Å². The molecule has 0 aliphatic carbocycles. The number of ether oxygens (including phenoxy) is 1. The zero-order valence-electron chi connectivity index (χ0n) is 12.1. The Kier molecular flexibility index (Phi) is 6.77. The van der Waals surface area contributed by atoms with Crippen LogP contribution in [0.15, 0.2) is 12.1 Å². The van der Waals surface area contributed by atoms with E-state index in [1.807, 2.05) is 0 Å². The third-order valence-corrected chi connectivity index (χ3v) is 3.51. The predicted octanol–water partition coefficient (Wildman–Crippen LogP) is 2.54. The molecule has 1 N–H and O–H groups in total. The van der Waals surface area contributed by atoms with Crippen LogP contribution in [0.4, 0.5) is 0 Å². The number of carbonyl (C=O) groups is 2. The number of hydrogen-bond donors (Lipinski definition) is 1. The summed E-state index contributed by atoms with van der Waals surface area (Å²) in [6.07, 6.45) is 3.14. The van der Waals surface area contributed by atoms with Crippen molar-refractivity contribution in [2.75, 3.05) is 6.61 Å². The van der Waals surface area contributed by atoms with Gasteiger partial charge in [-0.2, -0.15) is 0 Å². The first kappa shape index (κ1) is 16.2. The second-order valence-electron chi connectivity index (χ2n) is 4.66. The molecule has 4 heteroatoms. The van der Waals surface area contributed by atoms with Gasteiger partial charge in [0, 0.05) is 12.8 Å². The van der Waals surface area contributed by atoms with Crippen molar-refractivity contribution in [3.05, 3.63) is 34.4 Å². The van der Waals surface area contributed by atoms with Gasteiger partial charge in [-0.05, 0) is 41.5 Å². The molecule has 1 aromatic carbocycles. The first-order chi connectivity index (χ1) is 9.63. The maximum absolute atomic E-state index is 10.8. The lowest BCUT2D eigenvalue weighted by atomic mass is 9.89. The van der Waals surface area contributed by atoms with E-state index in [2.05, 4.69) is 26.0 Å². The van der Waals surface area contributed by atoms with Crippen LogP contribution in [0.3, 0.4) is 0 Å². The summed E-state index contributed by atoms with van der Waals surface area (Å²) in [6, 6.07) is 4.13. The van der Waals surface area contributed by atoms with Crippen molar-refractivity contribution in [2.24, 2.45) is 0 Å². The molecule has 0 unspecified atom stereocenters. The Morgan fingerprint density at radius 1 is 1.15 bits per heavy atom. The summed E-state index contributed by atoms with van der Waals surface area (Å²) in [4.78, 5) is 21.0. The van der Waals surface area contributed by atoms with Crippen LogP contribution in [-0.4, -0.2) is 24.2 Å². The highest BCUT2D eigenvalue weighted by Crippen LogP contribution is 2.23. The largest absolute Gasteiger partial charge is 0.481 e. The quantitative estimate of drug-likeness (QED) is 0.557. The van der Waals surface area contributed by atoms with Crippen LogP contribution < -0.4 is 0 Å². The van der Waals surface area contributed by atoms with Crippen LogP contribution in [0.2, 0.25) is 0 Å². The summed E-state index contributed by atoms with van der Waals surface area (Å²) < 4.78 is 4.76. The summed E-state index contributed by atoms with van der Waals surface area (Å²) in [5, 5.41) is 8.89. The van der Waals surface area contributed by atoms with E-state index in [1.54, 1.807) is 0 Å². The van der Waals surface area contributed by atoms with Crippen LogP contribution in [0.1, 0.15) is 42.5 Å². The highest BCUT2D eigenvalue weighted by atomic mass is 16.5. The molecule has 0 heterocycles. The van der Waals surface area contributed by atoms with Gasteiger partial charge >= 0.3 is 5.97 Å². The molecule has 0 atom stereocenters. The van der Waals surface area contributed by atoms with Crippen molar-refractivity contribution in [1.82, 2.24) is 0 Å². The van der Waals surface area contributed by atoms with Gasteiger partial charge in [-0.15, -0.1) is 0 Å². The van der Waals surface area contributed by atoms with Gasteiger partial charge in [-0.1, -0.05) is 26.0 Å². The molecule has 0 fully saturated rings. The molecule has 1 rings (SSSR count). The molecule has 1 aromatic rings. The van der Waals surface area contributed by atoms with Gasteiger partial charge in [-0.3, -0.25) is 9.59 Å². The molecular weight excluding hydrogens is 256 g/mol. The van der Waals surface area contributed by atoms with E-state index in [4.69, 9.17) is 9.84 Å². The number of carboxylic acid groups (broad SMARTS) is 1. The molecule has 20 heavy (non-hydrogen) atoms. The Balaban J connectivity index is 3.04. The minimum absolute atomic E-state index is 0.147. The van der Waals surface area contributed by atoms with Gasteiger partial charge in [0.25, 0.3) is 6.47 Å². The molecule has 0 spiro atoms. The fourth-order valence-electron chi connectivity index (χ4n) is 2.56. The second kappa shape index (κ2) is 8.35. The fraction of sp³-hybridized carbons (Fsp3) is 0.500. The second-order valence-corrected chi connectivity index (χ2v) is 4.66. The Hall–Kier alpha value is -1.84. The molecule has 0 bridgehead atoms. The van der Waals surface area contributed by atoms with Crippen molar-refractivity contribution in [3.63, 3.8) is 0 Å². The molecule has 4 nitrogen and oxygen atoms in total. The van der Waals surface area contributed by atoms with E-state index >= 15 is 0 Å². The number of benzene rings is 1. The zero-order valence-corrected chi connectivity index (χ0v) is 12.1. The van der Waals surface area contributed by atoms with E-state index in [0.29, 0.717) is 25.9 Å². The van der Waals surface area contributed by atoms with Crippen LogP contribution in [0, 0.1) is 0 Å². The molecule has 0 saturated heterocycles. The summed E-state index contributed by atoms with van der Waals surface area (Å²) >= 11 is 0. The molecule has 0 amide bonds. The minimum atomic E-state index is -0.774. The normalized spacial score (nSPS) is 10.3. The highest BCUT2D eigenvalue weighted by Gasteiger charge is 2.12. The van der Waals surface area contributed by atoms with Crippen LogP contribution in [0.5, 0.6) is 0 Å². The lowest BCUT2D eigenvalue weighted by Gasteiger charge is -2.17.